The summed E-state index contributed by atoms with van der Waals surface area (Å²) in [6, 6.07) is 4.59. The molecule has 0 aliphatic carbocycles. The van der Waals surface area contributed by atoms with Gasteiger partial charge in [-0.2, -0.15) is 0 Å². The van der Waals surface area contributed by atoms with Crippen LogP contribution >= 0.6 is 15.9 Å². The van der Waals surface area contributed by atoms with Gasteiger partial charge in [0.1, 0.15) is 5.92 Å². The van der Waals surface area contributed by atoms with Crippen molar-refractivity contribution in [2.24, 2.45) is 5.92 Å². The Hall–Kier alpha value is -1.60. The molecule has 1 heterocycles. The van der Waals surface area contributed by atoms with Crippen molar-refractivity contribution >= 4 is 33.6 Å². The molecule has 0 radical (unpaired) electrons. The molecule has 1 aromatic rings. The van der Waals surface area contributed by atoms with Gasteiger partial charge in [0.2, 0.25) is 0 Å². The van der Waals surface area contributed by atoms with Crippen molar-refractivity contribution in [3.05, 3.63) is 28.2 Å². The summed E-state index contributed by atoms with van der Waals surface area (Å²) in [5, 5.41) is 14.4. The SMILES string of the molecule is Cc1ccc(Br)cc1NC(=O)NC1COCC1C(=O)O. The second-order valence-electron chi connectivity index (χ2n) is 4.65. The van der Waals surface area contributed by atoms with Gasteiger partial charge in [0.25, 0.3) is 0 Å². The van der Waals surface area contributed by atoms with E-state index in [1.54, 1.807) is 6.07 Å². The van der Waals surface area contributed by atoms with Gasteiger partial charge in [0.05, 0.1) is 19.3 Å². The number of carbonyl (C=O) groups excluding carboxylic acids is 1. The molecule has 1 fully saturated rings. The summed E-state index contributed by atoms with van der Waals surface area (Å²) in [6.45, 7) is 2.21. The zero-order valence-electron chi connectivity index (χ0n) is 10.9. The molecule has 0 bridgehead atoms. The third-order valence-electron chi connectivity index (χ3n) is 3.16. The number of carbonyl (C=O) groups is 2. The highest BCUT2D eigenvalue weighted by atomic mass is 79.9. The van der Waals surface area contributed by atoms with Gasteiger partial charge in [-0.05, 0) is 24.6 Å². The normalized spacial score (nSPS) is 21.5. The largest absolute Gasteiger partial charge is 0.481 e. The molecular weight excluding hydrogens is 328 g/mol. The fraction of sp³-hybridized carbons (Fsp3) is 0.385. The second-order valence-corrected chi connectivity index (χ2v) is 5.56. The molecule has 1 aliphatic heterocycles. The first-order chi connectivity index (χ1) is 9.47. The third kappa shape index (κ3) is 3.49. The molecule has 0 spiro atoms. The van der Waals surface area contributed by atoms with Crippen molar-refractivity contribution < 1.29 is 19.4 Å². The monoisotopic (exact) mass is 342 g/mol. The van der Waals surface area contributed by atoms with Crippen LogP contribution in [0.15, 0.2) is 22.7 Å². The Kier molecular flexibility index (Phi) is 4.61. The molecule has 3 N–H and O–H groups in total. The number of amides is 2. The molecule has 2 unspecified atom stereocenters. The van der Waals surface area contributed by atoms with Crippen LogP contribution < -0.4 is 10.6 Å². The lowest BCUT2D eigenvalue weighted by Crippen LogP contribution is -2.44. The van der Waals surface area contributed by atoms with Gasteiger partial charge in [0, 0.05) is 10.2 Å². The Labute approximate surface area is 124 Å². The maximum atomic E-state index is 11.9. The second kappa shape index (κ2) is 6.23. The first kappa shape index (κ1) is 14.8. The zero-order valence-corrected chi connectivity index (χ0v) is 12.4. The van der Waals surface area contributed by atoms with E-state index in [1.165, 1.54) is 0 Å². The van der Waals surface area contributed by atoms with Gasteiger partial charge < -0.3 is 20.5 Å². The number of ether oxygens (including phenoxy) is 1. The highest BCUT2D eigenvalue weighted by molar-refractivity contribution is 9.10. The average molecular weight is 343 g/mol. The lowest BCUT2D eigenvalue weighted by molar-refractivity contribution is -0.142. The molecule has 6 nitrogen and oxygen atoms in total. The van der Waals surface area contributed by atoms with Gasteiger partial charge in [0.15, 0.2) is 0 Å². The lowest BCUT2D eigenvalue weighted by Gasteiger charge is -2.17. The maximum absolute atomic E-state index is 11.9. The van der Waals surface area contributed by atoms with E-state index in [0.717, 1.165) is 10.0 Å². The van der Waals surface area contributed by atoms with E-state index in [1.807, 2.05) is 19.1 Å². The minimum atomic E-state index is -0.966. The van der Waals surface area contributed by atoms with Crippen molar-refractivity contribution in [3.8, 4) is 0 Å². The average Bonchev–Trinajstić information content (AvgIpc) is 2.82. The van der Waals surface area contributed by atoms with Crippen LogP contribution in [-0.4, -0.2) is 36.4 Å². The van der Waals surface area contributed by atoms with Gasteiger partial charge in [-0.15, -0.1) is 0 Å². The van der Waals surface area contributed by atoms with Crippen LogP contribution in [0, 0.1) is 12.8 Å². The number of aliphatic carboxylic acids is 1. The minimum Gasteiger partial charge on any atom is -0.481 e. The van der Waals surface area contributed by atoms with Crippen molar-refractivity contribution in [1.82, 2.24) is 5.32 Å². The topological polar surface area (TPSA) is 87.7 Å². The summed E-state index contributed by atoms with van der Waals surface area (Å²) in [5.74, 6) is -1.67. The number of hydrogen-bond acceptors (Lipinski definition) is 3. The Bertz CT molecular complexity index is 535. The molecule has 1 saturated heterocycles. The maximum Gasteiger partial charge on any atom is 0.319 e. The number of nitrogens with one attached hydrogen (secondary N) is 2. The Morgan fingerprint density at radius 3 is 2.85 bits per heavy atom. The molecule has 20 heavy (non-hydrogen) atoms. The van der Waals surface area contributed by atoms with Crippen molar-refractivity contribution in [2.45, 2.75) is 13.0 Å². The molecule has 0 aromatic heterocycles. The Morgan fingerprint density at radius 2 is 2.15 bits per heavy atom. The van der Waals surface area contributed by atoms with Gasteiger partial charge in [-0.1, -0.05) is 22.0 Å². The van der Waals surface area contributed by atoms with Crippen LogP contribution in [0.5, 0.6) is 0 Å². The molecule has 2 atom stereocenters. The highest BCUT2D eigenvalue weighted by Gasteiger charge is 2.35. The molecule has 1 aromatic carbocycles. The van der Waals surface area contributed by atoms with E-state index in [2.05, 4.69) is 26.6 Å². The fourth-order valence-corrected chi connectivity index (χ4v) is 2.36. The van der Waals surface area contributed by atoms with Crippen LogP contribution in [-0.2, 0) is 9.53 Å². The minimum absolute atomic E-state index is 0.121. The fourth-order valence-electron chi connectivity index (χ4n) is 2.00. The molecule has 7 heteroatoms. The van der Waals surface area contributed by atoms with Crippen LogP contribution in [0.25, 0.3) is 0 Å². The summed E-state index contributed by atoms with van der Waals surface area (Å²) in [7, 11) is 0. The number of carboxylic acid groups (broad SMARTS) is 1. The smallest absolute Gasteiger partial charge is 0.319 e. The first-order valence-electron chi connectivity index (χ1n) is 6.11. The predicted octanol–water partition coefficient (Wildman–Crippen LogP) is 1.98. The zero-order chi connectivity index (χ0) is 14.7. The van der Waals surface area contributed by atoms with Crippen molar-refractivity contribution in [3.63, 3.8) is 0 Å². The number of anilines is 1. The first-order valence-corrected chi connectivity index (χ1v) is 6.91. The molecular formula is C13H15BrN2O4. The van der Waals surface area contributed by atoms with Crippen LogP contribution in [0.3, 0.4) is 0 Å². The number of rotatable bonds is 3. The Morgan fingerprint density at radius 1 is 1.40 bits per heavy atom. The van der Waals surface area contributed by atoms with E-state index >= 15 is 0 Å². The number of halogens is 1. The van der Waals surface area contributed by atoms with E-state index in [0.29, 0.717) is 5.69 Å². The molecule has 0 saturated carbocycles. The van der Waals surface area contributed by atoms with E-state index in [-0.39, 0.29) is 13.2 Å². The van der Waals surface area contributed by atoms with E-state index in [9.17, 15) is 9.59 Å². The standard InChI is InChI=1S/C13H15BrN2O4/c1-7-2-3-8(14)4-10(7)15-13(19)16-11-6-20-5-9(11)12(17)18/h2-4,9,11H,5-6H2,1H3,(H,17,18)(H2,15,16,19). The van der Waals surface area contributed by atoms with Crippen LogP contribution in [0.1, 0.15) is 5.56 Å². The third-order valence-corrected chi connectivity index (χ3v) is 3.66. The van der Waals surface area contributed by atoms with Gasteiger partial charge in [-0.3, -0.25) is 4.79 Å². The van der Waals surface area contributed by atoms with E-state index < -0.39 is 24.0 Å². The van der Waals surface area contributed by atoms with Crippen molar-refractivity contribution in [2.75, 3.05) is 18.5 Å². The number of carboxylic acids is 1. The van der Waals surface area contributed by atoms with E-state index in [4.69, 9.17) is 9.84 Å². The number of urea groups is 1. The van der Waals surface area contributed by atoms with Gasteiger partial charge >= 0.3 is 12.0 Å². The molecule has 2 rings (SSSR count). The summed E-state index contributed by atoms with van der Waals surface area (Å²) in [4.78, 5) is 22.9. The summed E-state index contributed by atoms with van der Waals surface area (Å²) in [6.07, 6.45) is 0. The summed E-state index contributed by atoms with van der Waals surface area (Å²) < 4.78 is 5.95. The molecule has 1 aliphatic rings. The number of benzene rings is 1. The number of hydrogen-bond donors (Lipinski definition) is 3. The van der Waals surface area contributed by atoms with Gasteiger partial charge in [-0.25, -0.2) is 4.79 Å². The quantitative estimate of drug-likeness (QED) is 0.783. The lowest BCUT2D eigenvalue weighted by atomic mass is 10.0. The van der Waals surface area contributed by atoms with Crippen LogP contribution in [0.2, 0.25) is 0 Å². The highest BCUT2D eigenvalue weighted by Crippen LogP contribution is 2.21. The summed E-state index contributed by atoms with van der Waals surface area (Å²) >= 11 is 3.33. The van der Waals surface area contributed by atoms with Crippen molar-refractivity contribution in [1.29, 1.82) is 0 Å². The summed E-state index contributed by atoms with van der Waals surface area (Å²) in [5.41, 5.74) is 1.59. The number of aryl methyl sites for hydroxylation is 1. The van der Waals surface area contributed by atoms with Crippen LogP contribution in [0.4, 0.5) is 10.5 Å². The Balaban J connectivity index is 1.99. The molecule has 2 amide bonds. The predicted molar refractivity (Wildman–Crippen MR) is 76.8 cm³/mol. The molecule has 108 valence electrons.